The van der Waals surface area contributed by atoms with Gasteiger partial charge in [0.15, 0.2) is 18.1 Å². The van der Waals surface area contributed by atoms with E-state index in [0.717, 1.165) is 42.3 Å². The maximum atomic E-state index is 12.1. The number of thiocarbonyl (C=S) groups is 1. The van der Waals surface area contributed by atoms with Crippen molar-refractivity contribution < 1.29 is 19.2 Å². The molecule has 1 fully saturated rings. The van der Waals surface area contributed by atoms with Gasteiger partial charge in [0.2, 0.25) is 0 Å². The second-order valence-electron chi connectivity index (χ2n) is 7.17. The van der Waals surface area contributed by atoms with Crippen molar-refractivity contribution in [3.8, 4) is 11.5 Å². The molecule has 154 valence electrons. The third-order valence-corrected chi connectivity index (χ3v) is 5.50. The molecule has 29 heavy (non-hydrogen) atoms. The fourth-order valence-corrected chi connectivity index (χ4v) is 3.49. The number of ether oxygens (including phenoxy) is 2. The Hall–Kier alpha value is -2.64. The van der Waals surface area contributed by atoms with Gasteiger partial charge in [-0.25, -0.2) is 0 Å². The molecule has 0 bridgehead atoms. The average molecular weight is 415 g/mol. The molecular weight excluding hydrogens is 386 g/mol. The Balaban J connectivity index is 1.55. The number of amides is 1. The summed E-state index contributed by atoms with van der Waals surface area (Å²) in [5, 5.41) is 2.85. The summed E-state index contributed by atoms with van der Waals surface area (Å²) in [7, 11) is 3.79. The second kappa shape index (κ2) is 10.2. The van der Waals surface area contributed by atoms with E-state index in [9.17, 15) is 4.79 Å². The molecule has 6 nitrogen and oxygen atoms in total. The maximum absolute atomic E-state index is 12.1. The van der Waals surface area contributed by atoms with Gasteiger partial charge in [-0.05, 0) is 23.8 Å². The van der Waals surface area contributed by atoms with Gasteiger partial charge in [-0.2, -0.15) is 0 Å². The van der Waals surface area contributed by atoms with Crippen LogP contribution in [0.3, 0.4) is 0 Å². The first-order valence-electron chi connectivity index (χ1n) is 9.79. The van der Waals surface area contributed by atoms with Crippen molar-refractivity contribution in [3.05, 3.63) is 59.7 Å². The van der Waals surface area contributed by atoms with Gasteiger partial charge in [0.05, 0.1) is 40.3 Å². The smallest absolute Gasteiger partial charge is 0.258 e. The SMILES string of the molecule is COc1cc(C(=S)N2CC[NH+](C)CC2)ccc1OCC(=O)NCc1ccccc1. The molecule has 1 aliphatic rings. The summed E-state index contributed by atoms with van der Waals surface area (Å²) in [6, 6.07) is 15.4. The van der Waals surface area contributed by atoms with E-state index >= 15 is 0 Å². The largest absolute Gasteiger partial charge is 0.493 e. The first kappa shape index (κ1) is 21.1. The maximum Gasteiger partial charge on any atom is 0.258 e. The lowest BCUT2D eigenvalue weighted by molar-refractivity contribution is -0.883. The third-order valence-electron chi connectivity index (χ3n) is 5.01. The van der Waals surface area contributed by atoms with Crippen LogP contribution < -0.4 is 19.7 Å². The van der Waals surface area contributed by atoms with Crippen LogP contribution in [0.25, 0.3) is 0 Å². The van der Waals surface area contributed by atoms with E-state index in [4.69, 9.17) is 21.7 Å². The normalized spacial score (nSPS) is 14.3. The van der Waals surface area contributed by atoms with Crippen molar-refractivity contribution in [3.63, 3.8) is 0 Å². The number of piperazine rings is 1. The molecule has 0 unspecified atom stereocenters. The number of benzene rings is 2. The molecule has 0 spiro atoms. The first-order chi connectivity index (χ1) is 14.1. The summed E-state index contributed by atoms with van der Waals surface area (Å²) in [5.74, 6) is 0.910. The van der Waals surface area contributed by atoms with Crippen LogP contribution in [0.1, 0.15) is 11.1 Å². The molecule has 3 rings (SSSR count). The lowest BCUT2D eigenvalue weighted by atomic mass is 10.1. The molecule has 1 amide bonds. The van der Waals surface area contributed by atoms with Gasteiger partial charge in [0.25, 0.3) is 5.91 Å². The van der Waals surface area contributed by atoms with Crippen LogP contribution in [0.2, 0.25) is 0 Å². The van der Waals surface area contributed by atoms with Crippen molar-refractivity contribution in [1.82, 2.24) is 10.2 Å². The molecule has 0 saturated carbocycles. The molecule has 2 N–H and O–H groups in total. The van der Waals surface area contributed by atoms with Crippen molar-refractivity contribution >= 4 is 23.1 Å². The zero-order valence-corrected chi connectivity index (χ0v) is 17.8. The number of carbonyl (C=O) groups excluding carboxylic acids is 1. The van der Waals surface area contributed by atoms with Gasteiger partial charge in [-0.15, -0.1) is 0 Å². The van der Waals surface area contributed by atoms with E-state index < -0.39 is 0 Å². The summed E-state index contributed by atoms with van der Waals surface area (Å²) in [6.07, 6.45) is 0. The van der Waals surface area contributed by atoms with Gasteiger partial charge in [-0.3, -0.25) is 4.79 Å². The summed E-state index contributed by atoms with van der Waals surface area (Å²) < 4.78 is 11.1. The summed E-state index contributed by atoms with van der Waals surface area (Å²) in [4.78, 5) is 16.7. The number of likely N-dealkylation sites (N-methyl/N-ethyl adjacent to an activating group) is 1. The van der Waals surface area contributed by atoms with Crippen LogP contribution in [0.15, 0.2) is 48.5 Å². The minimum absolute atomic E-state index is 0.0752. The Morgan fingerprint density at radius 3 is 2.55 bits per heavy atom. The number of hydrogen-bond acceptors (Lipinski definition) is 4. The van der Waals surface area contributed by atoms with Gasteiger partial charge in [-0.1, -0.05) is 42.5 Å². The fourth-order valence-electron chi connectivity index (χ4n) is 3.18. The number of carbonyl (C=O) groups is 1. The van der Waals surface area contributed by atoms with Crippen LogP contribution in [-0.4, -0.2) is 62.7 Å². The van der Waals surface area contributed by atoms with Crippen LogP contribution >= 0.6 is 12.2 Å². The van der Waals surface area contributed by atoms with E-state index in [1.54, 1.807) is 7.11 Å². The molecule has 0 atom stereocenters. The van der Waals surface area contributed by atoms with Gasteiger partial charge in [0, 0.05) is 12.1 Å². The highest BCUT2D eigenvalue weighted by atomic mass is 32.1. The van der Waals surface area contributed by atoms with Crippen LogP contribution in [0.5, 0.6) is 11.5 Å². The molecular formula is C22H28N3O3S+. The zero-order valence-electron chi connectivity index (χ0n) is 16.9. The minimum Gasteiger partial charge on any atom is -0.493 e. The fraction of sp³-hybridized carbons (Fsp3) is 0.364. The topological polar surface area (TPSA) is 55.2 Å². The van der Waals surface area contributed by atoms with Crippen LogP contribution in [0.4, 0.5) is 0 Å². The Labute approximate surface area is 177 Å². The van der Waals surface area contributed by atoms with Crippen molar-refractivity contribution in [2.75, 3.05) is 46.9 Å². The monoisotopic (exact) mass is 414 g/mol. The highest BCUT2D eigenvalue weighted by molar-refractivity contribution is 7.80. The highest BCUT2D eigenvalue weighted by Crippen LogP contribution is 2.28. The van der Waals surface area contributed by atoms with Crippen LogP contribution in [-0.2, 0) is 11.3 Å². The molecule has 0 aliphatic carbocycles. The third kappa shape index (κ3) is 5.92. The molecule has 0 radical (unpaired) electrons. The molecule has 1 saturated heterocycles. The van der Waals surface area contributed by atoms with E-state index in [2.05, 4.69) is 17.3 Å². The van der Waals surface area contributed by atoms with E-state index in [1.165, 1.54) is 4.90 Å². The number of nitrogens with zero attached hydrogens (tertiary/aromatic N) is 1. The van der Waals surface area contributed by atoms with E-state index in [1.807, 2.05) is 48.5 Å². The highest BCUT2D eigenvalue weighted by Gasteiger charge is 2.20. The number of hydrogen-bond donors (Lipinski definition) is 2. The van der Waals surface area contributed by atoms with Crippen LogP contribution in [0, 0.1) is 0 Å². The molecule has 2 aromatic carbocycles. The Kier molecular flexibility index (Phi) is 7.43. The van der Waals surface area contributed by atoms with Gasteiger partial charge >= 0.3 is 0 Å². The molecule has 0 aromatic heterocycles. The summed E-state index contributed by atoms with van der Waals surface area (Å²) >= 11 is 5.67. The summed E-state index contributed by atoms with van der Waals surface area (Å²) in [5.41, 5.74) is 1.97. The quantitative estimate of drug-likeness (QED) is 0.660. The predicted octanol–water partition coefficient (Wildman–Crippen LogP) is 0.896. The lowest BCUT2D eigenvalue weighted by Crippen LogP contribution is -3.12. The Bertz CT molecular complexity index is 836. The number of nitrogens with one attached hydrogen (secondary N) is 2. The Morgan fingerprint density at radius 2 is 1.86 bits per heavy atom. The van der Waals surface area contributed by atoms with E-state index in [-0.39, 0.29) is 12.5 Å². The van der Waals surface area contributed by atoms with Crippen molar-refractivity contribution in [1.29, 1.82) is 0 Å². The first-order valence-corrected chi connectivity index (χ1v) is 10.2. The molecule has 2 aromatic rings. The predicted molar refractivity (Wildman–Crippen MR) is 117 cm³/mol. The standard InChI is InChI=1S/C22H27N3O3S/c1-24-10-12-25(13-11-24)22(29)18-8-9-19(20(14-18)27-2)28-16-21(26)23-15-17-6-4-3-5-7-17/h3-9,14H,10-13,15-16H2,1-2H3,(H,23,26)/p+1. The average Bonchev–Trinajstić information content (AvgIpc) is 2.77. The van der Waals surface area contributed by atoms with Gasteiger partial charge in [0.1, 0.15) is 4.99 Å². The van der Waals surface area contributed by atoms with Crippen molar-refractivity contribution in [2.45, 2.75) is 6.54 Å². The Morgan fingerprint density at radius 1 is 1.14 bits per heavy atom. The zero-order chi connectivity index (χ0) is 20.6. The molecule has 1 aliphatic heterocycles. The lowest BCUT2D eigenvalue weighted by Gasteiger charge is -2.32. The van der Waals surface area contributed by atoms with E-state index in [0.29, 0.717) is 18.0 Å². The number of methoxy groups -OCH3 is 1. The molecule has 1 heterocycles. The number of quaternary nitrogens is 1. The van der Waals surface area contributed by atoms with Gasteiger partial charge < -0.3 is 24.6 Å². The molecule has 7 heteroatoms. The second-order valence-corrected chi connectivity index (χ2v) is 7.55. The summed E-state index contributed by atoms with van der Waals surface area (Å²) in [6.45, 7) is 4.46. The number of rotatable bonds is 7. The van der Waals surface area contributed by atoms with Crippen molar-refractivity contribution in [2.24, 2.45) is 0 Å². The minimum atomic E-state index is -0.185.